The number of hydrogen-bond acceptors (Lipinski definition) is 1. The minimum atomic E-state index is 0.0368. The second-order valence-corrected chi connectivity index (χ2v) is 6.94. The smallest absolute Gasteiger partial charge is 0.0557 e. The van der Waals surface area contributed by atoms with Crippen molar-refractivity contribution in [3.8, 4) is 0 Å². The van der Waals surface area contributed by atoms with Gasteiger partial charge in [0.2, 0.25) is 0 Å². The van der Waals surface area contributed by atoms with Crippen LogP contribution < -0.4 is 0 Å². The van der Waals surface area contributed by atoms with Crippen molar-refractivity contribution >= 4 is 35.0 Å². The third kappa shape index (κ3) is 4.17. The van der Waals surface area contributed by atoms with Crippen molar-refractivity contribution in [3.05, 3.63) is 59.7 Å². The molecule has 3 heteroatoms. The van der Waals surface area contributed by atoms with E-state index in [0.717, 1.165) is 11.1 Å². The van der Waals surface area contributed by atoms with Gasteiger partial charge < -0.3 is 0 Å². The molecule has 0 saturated heterocycles. The topological polar surface area (TPSA) is 0 Å². The first-order chi connectivity index (χ1) is 9.06. The fourth-order valence-corrected chi connectivity index (χ4v) is 3.01. The van der Waals surface area contributed by atoms with Crippen molar-refractivity contribution in [1.82, 2.24) is 0 Å². The minimum absolute atomic E-state index is 0.0368. The van der Waals surface area contributed by atoms with Gasteiger partial charge in [0.25, 0.3) is 0 Å². The van der Waals surface area contributed by atoms with E-state index in [1.807, 2.05) is 26.0 Å². The average Bonchev–Trinajstić information content (AvgIpc) is 2.39. The molecule has 19 heavy (non-hydrogen) atoms. The second kappa shape index (κ2) is 6.69. The molecule has 2 rings (SSSR count). The Labute approximate surface area is 129 Å². The van der Waals surface area contributed by atoms with E-state index in [4.69, 9.17) is 23.2 Å². The van der Waals surface area contributed by atoms with Gasteiger partial charge in [-0.15, -0.1) is 23.2 Å². The van der Waals surface area contributed by atoms with E-state index in [-0.39, 0.29) is 10.8 Å². The summed E-state index contributed by atoms with van der Waals surface area (Å²) < 4.78 is 0. The summed E-state index contributed by atoms with van der Waals surface area (Å²) in [5.41, 5.74) is 2.29. The molecular weight excluding hydrogens is 295 g/mol. The molecule has 100 valence electrons. The Kier molecular flexibility index (Phi) is 5.20. The van der Waals surface area contributed by atoms with Gasteiger partial charge in [-0.2, -0.15) is 0 Å². The summed E-state index contributed by atoms with van der Waals surface area (Å²) in [6, 6.07) is 16.7. The lowest BCUT2D eigenvalue weighted by Gasteiger charge is -2.08. The zero-order valence-electron chi connectivity index (χ0n) is 10.9. The summed E-state index contributed by atoms with van der Waals surface area (Å²) in [5.74, 6) is 0. The van der Waals surface area contributed by atoms with Gasteiger partial charge in [-0.3, -0.25) is 0 Å². The van der Waals surface area contributed by atoms with Gasteiger partial charge >= 0.3 is 0 Å². The van der Waals surface area contributed by atoms with Crippen LogP contribution in [0.15, 0.2) is 58.3 Å². The first-order valence-electron chi connectivity index (χ1n) is 6.22. The minimum Gasteiger partial charge on any atom is -0.118 e. The van der Waals surface area contributed by atoms with Crippen LogP contribution in [0.2, 0.25) is 0 Å². The van der Waals surface area contributed by atoms with Crippen LogP contribution in [0, 0.1) is 0 Å². The summed E-state index contributed by atoms with van der Waals surface area (Å²) in [5, 5.41) is 0.0736. The third-order valence-electron chi connectivity index (χ3n) is 2.87. The van der Waals surface area contributed by atoms with Gasteiger partial charge in [0.15, 0.2) is 0 Å². The fraction of sp³-hybridized carbons (Fsp3) is 0.250. The molecule has 0 radical (unpaired) electrons. The van der Waals surface area contributed by atoms with Crippen LogP contribution in [0.4, 0.5) is 0 Å². The van der Waals surface area contributed by atoms with E-state index >= 15 is 0 Å². The van der Waals surface area contributed by atoms with Crippen LogP contribution in [-0.4, -0.2) is 0 Å². The van der Waals surface area contributed by atoms with Crippen LogP contribution in [0.5, 0.6) is 0 Å². The normalized spacial score (nSPS) is 14.1. The zero-order valence-corrected chi connectivity index (χ0v) is 13.3. The molecule has 0 aliphatic carbocycles. The average molecular weight is 311 g/mol. The first-order valence-corrected chi connectivity index (χ1v) is 7.91. The van der Waals surface area contributed by atoms with Crippen molar-refractivity contribution in [2.24, 2.45) is 0 Å². The molecule has 0 amide bonds. The van der Waals surface area contributed by atoms with Crippen LogP contribution in [0.1, 0.15) is 35.7 Å². The molecule has 0 fully saturated rings. The van der Waals surface area contributed by atoms with Gasteiger partial charge in [-0.05, 0) is 49.2 Å². The lowest BCUT2D eigenvalue weighted by atomic mass is 10.2. The Bertz CT molecular complexity index is 500. The van der Waals surface area contributed by atoms with E-state index in [1.54, 1.807) is 11.8 Å². The molecule has 0 saturated carbocycles. The lowest BCUT2D eigenvalue weighted by Crippen LogP contribution is -1.86. The Morgan fingerprint density at radius 1 is 0.789 bits per heavy atom. The molecular formula is C16H16Cl2S. The van der Waals surface area contributed by atoms with Gasteiger partial charge in [0.05, 0.1) is 10.8 Å². The fourth-order valence-electron chi connectivity index (χ4n) is 1.79. The molecule has 2 unspecified atom stereocenters. The van der Waals surface area contributed by atoms with Gasteiger partial charge in [-0.25, -0.2) is 0 Å². The molecule has 0 N–H and O–H groups in total. The Morgan fingerprint density at radius 3 is 1.58 bits per heavy atom. The standard InChI is InChI=1S/C16H16Cl2S/c1-11(17)13-5-3-7-15(9-13)19-16-8-4-6-14(10-16)12(2)18/h3-12H,1-2H3. The molecule has 0 aromatic heterocycles. The van der Waals surface area contributed by atoms with Crippen molar-refractivity contribution in [2.45, 2.75) is 34.4 Å². The molecule has 0 heterocycles. The monoisotopic (exact) mass is 310 g/mol. The summed E-state index contributed by atoms with van der Waals surface area (Å²) in [6.07, 6.45) is 0. The van der Waals surface area contributed by atoms with Crippen LogP contribution in [-0.2, 0) is 0 Å². The van der Waals surface area contributed by atoms with Crippen molar-refractivity contribution in [2.75, 3.05) is 0 Å². The predicted molar refractivity (Wildman–Crippen MR) is 85.5 cm³/mol. The van der Waals surface area contributed by atoms with E-state index in [2.05, 4.69) is 36.4 Å². The highest BCUT2D eigenvalue weighted by molar-refractivity contribution is 7.99. The number of benzene rings is 2. The van der Waals surface area contributed by atoms with Crippen LogP contribution >= 0.6 is 35.0 Å². The molecule has 0 spiro atoms. The molecule has 2 aromatic rings. The molecule has 2 atom stereocenters. The van der Waals surface area contributed by atoms with Gasteiger partial charge in [-0.1, -0.05) is 36.0 Å². The number of rotatable bonds is 4. The SMILES string of the molecule is CC(Cl)c1cccc(Sc2cccc(C(C)Cl)c2)c1. The van der Waals surface area contributed by atoms with Crippen molar-refractivity contribution in [3.63, 3.8) is 0 Å². The highest BCUT2D eigenvalue weighted by atomic mass is 35.5. The van der Waals surface area contributed by atoms with Gasteiger partial charge in [0, 0.05) is 9.79 Å². The largest absolute Gasteiger partial charge is 0.118 e. The maximum atomic E-state index is 6.12. The highest BCUT2D eigenvalue weighted by Gasteiger charge is 2.05. The lowest BCUT2D eigenvalue weighted by molar-refractivity contribution is 1.07. The first kappa shape index (κ1) is 14.8. The Balaban J connectivity index is 2.21. The third-order valence-corrected chi connectivity index (χ3v) is 4.35. The van der Waals surface area contributed by atoms with E-state index in [0.29, 0.717) is 0 Å². The van der Waals surface area contributed by atoms with Crippen LogP contribution in [0.25, 0.3) is 0 Å². The quantitative estimate of drug-likeness (QED) is 0.586. The maximum Gasteiger partial charge on any atom is 0.0557 e. The summed E-state index contributed by atoms with van der Waals surface area (Å²) in [4.78, 5) is 2.40. The zero-order chi connectivity index (χ0) is 13.8. The van der Waals surface area contributed by atoms with E-state index in [1.165, 1.54) is 9.79 Å². The number of alkyl halides is 2. The molecule has 2 aromatic carbocycles. The summed E-state index contributed by atoms with van der Waals surface area (Å²) >= 11 is 14.0. The molecule has 0 aliphatic rings. The number of halogens is 2. The highest BCUT2D eigenvalue weighted by Crippen LogP contribution is 2.32. The van der Waals surface area contributed by atoms with Crippen molar-refractivity contribution < 1.29 is 0 Å². The molecule has 0 bridgehead atoms. The Hall–Kier alpha value is -0.630. The van der Waals surface area contributed by atoms with E-state index in [9.17, 15) is 0 Å². The summed E-state index contributed by atoms with van der Waals surface area (Å²) in [7, 11) is 0. The van der Waals surface area contributed by atoms with Crippen LogP contribution in [0.3, 0.4) is 0 Å². The summed E-state index contributed by atoms with van der Waals surface area (Å²) in [6.45, 7) is 3.97. The number of hydrogen-bond donors (Lipinski definition) is 0. The molecule has 0 aliphatic heterocycles. The maximum absolute atomic E-state index is 6.12. The predicted octanol–water partition coefficient (Wildman–Crippen LogP) is 6.44. The van der Waals surface area contributed by atoms with E-state index < -0.39 is 0 Å². The molecule has 0 nitrogen and oxygen atoms in total. The Morgan fingerprint density at radius 2 is 1.21 bits per heavy atom. The van der Waals surface area contributed by atoms with Crippen molar-refractivity contribution in [1.29, 1.82) is 0 Å². The second-order valence-electron chi connectivity index (χ2n) is 4.48. The van der Waals surface area contributed by atoms with Gasteiger partial charge in [0.1, 0.15) is 0 Å².